The van der Waals surface area contributed by atoms with Crippen LogP contribution in [-0.2, 0) is 4.74 Å². The summed E-state index contributed by atoms with van der Waals surface area (Å²) in [5.74, 6) is 0.716. The van der Waals surface area contributed by atoms with E-state index in [-0.39, 0.29) is 0 Å². The normalized spacial score (nSPS) is 30.8. The number of ether oxygens (including phenoxy) is 1. The van der Waals surface area contributed by atoms with Gasteiger partial charge in [0, 0.05) is 45.5 Å². The minimum atomic E-state index is 0.348. The van der Waals surface area contributed by atoms with Crippen molar-refractivity contribution in [3.8, 4) is 0 Å². The van der Waals surface area contributed by atoms with Crippen LogP contribution in [0.25, 0.3) is 0 Å². The van der Waals surface area contributed by atoms with Crippen LogP contribution < -0.4 is 5.32 Å². The van der Waals surface area contributed by atoms with E-state index in [1.807, 2.05) is 0 Å². The third-order valence-corrected chi connectivity index (χ3v) is 5.36. The van der Waals surface area contributed by atoms with E-state index in [0.717, 1.165) is 25.7 Å². The van der Waals surface area contributed by atoms with Gasteiger partial charge in [-0.3, -0.25) is 0 Å². The molecule has 1 saturated carbocycles. The van der Waals surface area contributed by atoms with Crippen molar-refractivity contribution < 1.29 is 9.84 Å². The molecule has 116 valence electrons. The van der Waals surface area contributed by atoms with Gasteiger partial charge in [-0.05, 0) is 56.4 Å². The summed E-state index contributed by atoms with van der Waals surface area (Å²) in [7, 11) is 0. The van der Waals surface area contributed by atoms with Gasteiger partial charge in [0.05, 0.1) is 0 Å². The Morgan fingerprint density at radius 3 is 2.70 bits per heavy atom. The van der Waals surface area contributed by atoms with Crippen molar-refractivity contribution in [3.05, 3.63) is 0 Å². The van der Waals surface area contributed by atoms with Crippen molar-refractivity contribution in [1.82, 2.24) is 10.2 Å². The van der Waals surface area contributed by atoms with Gasteiger partial charge >= 0.3 is 0 Å². The summed E-state index contributed by atoms with van der Waals surface area (Å²) in [6.07, 6.45) is 7.39. The zero-order chi connectivity index (χ0) is 13.8. The van der Waals surface area contributed by atoms with E-state index >= 15 is 0 Å². The second-order valence-electron chi connectivity index (χ2n) is 7.17. The number of likely N-dealkylation sites (tertiary alicyclic amines) is 1. The van der Waals surface area contributed by atoms with Crippen LogP contribution in [-0.4, -0.2) is 62.0 Å². The molecule has 2 N–H and O–H groups in total. The monoisotopic (exact) mass is 282 g/mol. The van der Waals surface area contributed by atoms with Crippen molar-refractivity contribution in [2.24, 2.45) is 11.3 Å². The Hall–Kier alpha value is -0.160. The average Bonchev–Trinajstić information content (AvgIpc) is 3.20. The lowest BCUT2D eigenvalue weighted by Crippen LogP contribution is -2.47. The molecule has 0 amide bonds. The fourth-order valence-electron chi connectivity index (χ4n) is 3.79. The van der Waals surface area contributed by atoms with Gasteiger partial charge in [0.25, 0.3) is 0 Å². The summed E-state index contributed by atoms with van der Waals surface area (Å²) in [6.45, 7) is 7.00. The lowest BCUT2D eigenvalue weighted by molar-refractivity contribution is -0.00172. The number of nitrogens with one attached hydrogen (secondary N) is 1. The predicted molar refractivity (Wildman–Crippen MR) is 79.8 cm³/mol. The first-order chi connectivity index (χ1) is 9.80. The molecule has 1 atom stereocenters. The molecule has 3 aliphatic rings. The van der Waals surface area contributed by atoms with Crippen molar-refractivity contribution in [2.45, 2.75) is 44.6 Å². The van der Waals surface area contributed by atoms with E-state index in [0.29, 0.717) is 17.9 Å². The molecule has 0 aromatic carbocycles. The van der Waals surface area contributed by atoms with E-state index in [9.17, 15) is 0 Å². The van der Waals surface area contributed by atoms with Crippen molar-refractivity contribution >= 4 is 0 Å². The number of nitrogens with zero attached hydrogens (tertiary/aromatic N) is 1. The lowest BCUT2D eigenvalue weighted by atomic mass is 9.79. The van der Waals surface area contributed by atoms with Gasteiger partial charge in [-0.2, -0.15) is 0 Å². The Kier molecular flexibility index (Phi) is 4.97. The minimum Gasteiger partial charge on any atom is -0.396 e. The maximum Gasteiger partial charge on any atom is 0.0472 e. The Morgan fingerprint density at radius 1 is 1.20 bits per heavy atom. The van der Waals surface area contributed by atoms with Crippen LogP contribution >= 0.6 is 0 Å². The number of hydrogen-bond donors (Lipinski definition) is 2. The SMILES string of the molecule is OCCC1CCN(CC2(CNC3CC3)CCOCC2)C1. The first-order valence-electron chi connectivity index (χ1n) is 8.44. The summed E-state index contributed by atoms with van der Waals surface area (Å²) in [4.78, 5) is 2.64. The second-order valence-corrected chi connectivity index (χ2v) is 7.17. The van der Waals surface area contributed by atoms with E-state index in [2.05, 4.69) is 10.2 Å². The van der Waals surface area contributed by atoms with E-state index in [1.165, 1.54) is 58.3 Å². The van der Waals surface area contributed by atoms with Crippen LogP contribution in [0.1, 0.15) is 38.5 Å². The summed E-state index contributed by atoms with van der Waals surface area (Å²) >= 11 is 0. The smallest absolute Gasteiger partial charge is 0.0472 e. The number of aliphatic hydroxyl groups excluding tert-OH is 1. The topological polar surface area (TPSA) is 44.7 Å². The number of hydrogen-bond acceptors (Lipinski definition) is 4. The summed E-state index contributed by atoms with van der Waals surface area (Å²) < 4.78 is 5.59. The molecule has 3 fully saturated rings. The first-order valence-corrected chi connectivity index (χ1v) is 8.44. The number of aliphatic hydroxyl groups is 1. The van der Waals surface area contributed by atoms with Crippen molar-refractivity contribution in [2.75, 3.05) is 46.0 Å². The van der Waals surface area contributed by atoms with Crippen LogP contribution in [0.3, 0.4) is 0 Å². The second kappa shape index (κ2) is 6.73. The van der Waals surface area contributed by atoms with E-state index < -0.39 is 0 Å². The minimum absolute atomic E-state index is 0.348. The fourth-order valence-corrected chi connectivity index (χ4v) is 3.79. The highest BCUT2D eigenvalue weighted by Gasteiger charge is 2.37. The molecular formula is C16H30N2O2. The quantitative estimate of drug-likeness (QED) is 0.737. The van der Waals surface area contributed by atoms with Gasteiger partial charge in [-0.1, -0.05) is 0 Å². The molecule has 20 heavy (non-hydrogen) atoms. The van der Waals surface area contributed by atoms with Crippen LogP contribution in [0.5, 0.6) is 0 Å². The lowest BCUT2D eigenvalue weighted by Gasteiger charge is -2.40. The predicted octanol–water partition coefficient (Wildman–Crippen LogP) is 1.24. The molecule has 3 rings (SSSR count). The standard InChI is InChI=1S/C16H30N2O2/c19-8-4-14-3-7-18(11-14)13-16(5-9-20-10-6-16)12-17-15-1-2-15/h14-15,17,19H,1-13H2. The van der Waals surface area contributed by atoms with Crippen molar-refractivity contribution in [3.63, 3.8) is 0 Å². The third kappa shape index (κ3) is 3.94. The molecule has 0 aromatic heterocycles. The molecule has 4 nitrogen and oxygen atoms in total. The van der Waals surface area contributed by atoms with Gasteiger partial charge < -0.3 is 20.1 Å². The summed E-state index contributed by atoms with van der Waals surface area (Å²) in [6, 6.07) is 0.801. The van der Waals surface area contributed by atoms with Crippen LogP contribution in [0.15, 0.2) is 0 Å². The number of rotatable bonds is 7. The molecular weight excluding hydrogens is 252 g/mol. The molecule has 0 spiro atoms. The fraction of sp³-hybridized carbons (Fsp3) is 1.00. The molecule has 0 bridgehead atoms. The van der Waals surface area contributed by atoms with Crippen molar-refractivity contribution in [1.29, 1.82) is 0 Å². The van der Waals surface area contributed by atoms with Gasteiger partial charge in [-0.25, -0.2) is 0 Å². The maximum absolute atomic E-state index is 9.09. The zero-order valence-corrected chi connectivity index (χ0v) is 12.6. The van der Waals surface area contributed by atoms with Gasteiger partial charge in [0.1, 0.15) is 0 Å². The Bertz CT molecular complexity index is 301. The summed E-state index contributed by atoms with van der Waals surface area (Å²) in [5, 5.41) is 12.8. The molecule has 2 heterocycles. The highest BCUT2D eigenvalue weighted by molar-refractivity contribution is 4.92. The van der Waals surface area contributed by atoms with Crippen LogP contribution in [0.4, 0.5) is 0 Å². The first kappa shape index (κ1) is 14.8. The van der Waals surface area contributed by atoms with E-state index in [1.54, 1.807) is 0 Å². The Labute approximate surface area is 122 Å². The molecule has 1 unspecified atom stereocenters. The molecule has 1 aliphatic carbocycles. The van der Waals surface area contributed by atoms with Crippen LogP contribution in [0.2, 0.25) is 0 Å². The van der Waals surface area contributed by atoms with Gasteiger partial charge in [0.15, 0.2) is 0 Å². The Morgan fingerprint density at radius 2 is 2.00 bits per heavy atom. The highest BCUT2D eigenvalue weighted by Crippen LogP contribution is 2.34. The van der Waals surface area contributed by atoms with E-state index in [4.69, 9.17) is 9.84 Å². The molecule has 2 saturated heterocycles. The highest BCUT2D eigenvalue weighted by atomic mass is 16.5. The molecule has 0 aromatic rings. The third-order valence-electron chi connectivity index (χ3n) is 5.36. The van der Waals surface area contributed by atoms with Gasteiger partial charge in [0.2, 0.25) is 0 Å². The molecule has 2 aliphatic heterocycles. The van der Waals surface area contributed by atoms with Gasteiger partial charge in [-0.15, -0.1) is 0 Å². The van der Waals surface area contributed by atoms with Crippen LogP contribution in [0, 0.1) is 11.3 Å². The maximum atomic E-state index is 9.09. The summed E-state index contributed by atoms with van der Waals surface area (Å²) in [5.41, 5.74) is 0.426. The zero-order valence-electron chi connectivity index (χ0n) is 12.6. The Balaban J connectivity index is 1.52. The molecule has 0 radical (unpaired) electrons. The average molecular weight is 282 g/mol. The largest absolute Gasteiger partial charge is 0.396 e. The molecule has 4 heteroatoms.